The van der Waals surface area contributed by atoms with E-state index in [-0.39, 0.29) is 11.1 Å². The Morgan fingerprint density at radius 1 is 1.03 bits per heavy atom. The van der Waals surface area contributed by atoms with Crippen molar-refractivity contribution in [3.8, 4) is 5.75 Å². The van der Waals surface area contributed by atoms with Crippen molar-refractivity contribution >= 4 is 46.9 Å². The molecule has 6 nitrogen and oxygen atoms in total. The number of nitrogens with zero attached hydrogens (tertiary/aromatic N) is 3. The van der Waals surface area contributed by atoms with Gasteiger partial charge in [0.15, 0.2) is 0 Å². The van der Waals surface area contributed by atoms with Crippen LogP contribution in [0.5, 0.6) is 5.75 Å². The van der Waals surface area contributed by atoms with Crippen molar-refractivity contribution in [2.75, 3.05) is 10.7 Å². The summed E-state index contributed by atoms with van der Waals surface area (Å²) in [6.45, 7) is 0. The minimum Gasteiger partial charge on any atom is -0.428 e. The molecule has 162 valence electrons. The van der Waals surface area contributed by atoms with Crippen molar-refractivity contribution in [2.45, 2.75) is 12.5 Å². The van der Waals surface area contributed by atoms with Crippen LogP contribution in [0.4, 0.5) is 35.0 Å². The molecule has 0 aliphatic heterocycles. The van der Waals surface area contributed by atoms with Crippen LogP contribution in [-0.4, -0.2) is 28.7 Å². The molecule has 31 heavy (non-hydrogen) atoms. The fourth-order valence-electron chi connectivity index (χ4n) is 2.24. The summed E-state index contributed by atoms with van der Waals surface area (Å²) in [6, 6.07) is 13.5. The number of anilines is 3. The van der Waals surface area contributed by atoms with Crippen molar-refractivity contribution in [3.63, 3.8) is 0 Å². The van der Waals surface area contributed by atoms with Gasteiger partial charge in [0.25, 0.3) is 0 Å². The van der Waals surface area contributed by atoms with Gasteiger partial charge in [-0.1, -0.05) is 35.3 Å². The van der Waals surface area contributed by atoms with Gasteiger partial charge in [0.05, 0.1) is 6.21 Å². The predicted molar refractivity (Wildman–Crippen MR) is 111 cm³/mol. The topological polar surface area (TPSA) is 71.4 Å². The van der Waals surface area contributed by atoms with E-state index < -0.39 is 18.3 Å². The first-order valence-corrected chi connectivity index (χ1v) is 9.28. The van der Waals surface area contributed by atoms with Crippen molar-refractivity contribution < 1.29 is 22.3 Å². The van der Waals surface area contributed by atoms with Crippen molar-refractivity contribution in [3.05, 3.63) is 70.3 Å². The highest BCUT2D eigenvalue weighted by Gasteiger charge is 2.43. The van der Waals surface area contributed by atoms with Gasteiger partial charge in [-0.15, -0.1) is 0 Å². The maximum absolute atomic E-state index is 13.0. The van der Waals surface area contributed by atoms with E-state index in [9.17, 15) is 17.6 Å². The largest absolute Gasteiger partial charge is 0.461 e. The summed E-state index contributed by atoms with van der Waals surface area (Å²) < 4.78 is 54.6. The highest BCUT2D eigenvalue weighted by molar-refractivity contribution is 6.30. The zero-order chi connectivity index (χ0) is 22.4. The number of aromatic nitrogens is 2. The average Bonchev–Trinajstić information content (AvgIpc) is 2.69. The molecule has 0 spiro atoms. The summed E-state index contributed by atoms with van der Waals surface area (Å²) in [5.41, 5.74) is 3.56. The van der Waals surface area contributed by atoms with Crippen LogP contribution >= 0.6 is 23.2 Å². The third-order valence-corrected chi connectivity index (χ3v) is 4.00. The number of ether oxygens (including phenoxy) is 1. The zero-order valence-corrected chi connectivity index (χ0v) is 16.9. The highest BCUT2D eigenvalue weighted by atomic mass is 35.5. The first-order chi connectivity index (χ1) is 14.7. The van der Waals surface area contributed by atoms with Gasteiger partial charge in [0.1, 0.15) is 16.7 Å². The van der Waals surface area contributed by atoms with E-state index in [1.165, 1.54) is 24.4 Å². The quantitative estimate of drug-likeness (QED) is 0.176. The molecule has 0 radical (unpaired) electrons. The summed E-state index contributed by atoms with van der Waals surface area (Å²) in [6.07, 6.45) is -7.32. The van der Waals surface area contributed by atoms with E-state index >= 15 is 0 Å². The van der Waals surface area contributed by atoms with Gasteiger partial charge in [-0.2, -0.15) is 32.6 Å². The number of hydrazone groups is 1. The van der Waals surface area contributed by atoms with Gasteiger partial charge in [0, 0.05) is 16.8 Å². The number of alkyl halides is 4. The standard InChI is InChI=1S/C19H13Cl2F4N5O/c20-12-4-6-13(7-5-12)27-16-9-15(21)28-18(29-16)30-26-10-11-2-1-3-14(8-11)31-19(24,25)17(22)23/h1-10,17H,(H2,27,28,29,30)/b26-10+. The lowest BCUT2D eigenvalue weighted by molar-refractivity contribution is -0.253. The Kier molecular flexibility index (Phi) is 7.13. The summed E-state index contributed by atoms with van der Waals surface area (Å²) in [7, 11) is 0. The smallest absolute Gasteiger partial charge is 0.428 e. The van der Waals surface area contributed by atoms with Crippen LogP contribution in [0.15, 0.2) is 59.7 Å². The second-order valence-corrected chi connectivity index (χ2v) is 6.76. The Morgan fingerprint density at radius 2 is 1.77 bits per heavy atom. The maximum Gasteiger partial charge on any atom is 0.461 e. The normalized spacial score (nSPS) is 11.7. The fraction of sp³-hybridized carbons (Fsp3) is 0.105. The Morgan fingerprint density at radius 3 is 2.48 bits per heavy atom. The molecular formula is C19H13Cl2F4N5O. The molecule has 0 saturated heterocycles. The minimum absolute atomic E-state index is 0.0526. The van der Waals surface area contributed by atoms with Crippen LogP contribution in [0, 0.1) is 0 Å². The lowest BCUT2D eigenvalue weighted by Crippen LogP contribution is -2.33. The zero-order valence-electron chi connectivity index (χ0n) is 15.4. The van der Waals surface area contributed by atoms with Crippen LogP contribution in [0.3, 0.4) is 0 Å². The lowest BCUT2D eigenvalue weighted by Gasteiger charge is -2.16. The molecule has 1 aromatic heterocycles. The van der Waals surface area contributed by atoms with E-state index in [0.29, 0.717) is 22.1 Å². The number of halogens is 6. The van der Waals surface area contributed by atoms with E-state index in [2.05, 4.69) is 30.5 Å². The molecule has 2 N–H and O–H groups in total. The number of rotatable bonds is 8. The molecule has 0 aliphatic carbocycles. The average molecular weight is 474 g/mol. The Hall–Kier alpha value is -3.11. The molecule has 0 atom stereocenters. The molecule has 2 aromatic carbocycles. The summed E-state index contributed by atoms with van der Waals surface area (Å²) in [5, 5.41) is 7.63. The monoisotopic (exact) mass is 473 g/mol. The number of benzene rings is 2. The SMILES string of the molecule is FC(F)C(F)(F)Oc1cccc(/C=N/Nc2nc(Cl)cc(Nc3ccc(Cl)cc3)n2)c1. The molecule has 0 aliphatic rings. The Balaban J connectivity index is 1.67. The number of hydrogen-bond acceptors (Lipinski definition) is 6. The highest BCUT2D eigenvalue weighted by Crippen LogP contribution is 2.27. The molecule has 12 heteroatoms. The molecule has 3 rings (SSSR count). The molecule has 0 amide bonds. The van der Waals surface area contributed by atoms with Gasteiger partial charge < -0.3 is 10.1 Å². The lowest BCUT2D eigenvalue weighted by atomic mass is 10.2. The number of hydrogen-bond donors (Lipinski definition) is 2. The van der Waals surface area contributed by atoms with Crippen LogP contribution in [0.1, 0.15) is 5.56 Å². The van der Waals surface area contributed by atoms with Gasteiger partial charge in [0.2, 0.25) is 5.95 Å². The number of nitrogens with one attached hydrogen (secondary N) is 2. The third kappa shape index (κ3) is 6.69. The van der Waals surface area contributed by atoms with Crippen molar-refractivity contribution in [1.82, 2.24) is 9.97 Å². The van der Waals surface area contributed by atoms with Crippen LogP contribution in [0.25, 0.3) is 0 Å². The molecule has 0 fully saturated rings. The molecule has 3 aromatic rings. The second kappa shape index (κ2) is 9.80. The van der Waals surface area contributed by atoms with E-state index in [0.717, 1.165) is 12.1 Å². The minimum atomic E-state index is -4.60. The maximum atomic E-state index is 13.0. The first kappa shape index (κ1) is 22.6. The van der Waals surface area contributed by atoms with Crippen molar-refractivity contribution in [1.29, 1.82) is 0 Å². The van der Waals surface area contributed by atoms with Crippen LogP contribution < -0.4 is 15.5 Å². The summed E-state index contributed by atoms with van der Waals surface area (Å²) in [4.78, 5) is 8.16. The second-order valence-electron chi connectivity index (χ2n) is 5.94. The molecule has 0 saturated carbocycles. The van der Waals surface area contributed by atoms with Gasteiger partial charge in [-0.05, 0) is 42.0 Å². The Labute approximate surface area is 183 Å². The molecule has 0 unspecified atom stereocenters. The van der Waals surface area contributed by atoms with Gasteiger partial charge in [-0.3, -0.25) is 0 Å². The summed E-state index contributed by atoms with van der Waals surface area (Å²) >= 11 is 11.8. The molecule has 1 heterocycles. The van der Waals surface area contributed by atoms with Gasteiger partial charge >= 0.3 is 12.5 Å². The van der Waals surface area contributed by atoms with Crippen molar-refractivity contribution in [2.24, 2.45) is 5.10 Å². The van der Waals surface area contributed by atoms with Crippen LogP contribution in [-0.2, 0) is 0 Å². The Bertz CT molecular complexity index is 1070. The molecular weight excluding hydrogens is 461 g/mol. The molecule has 0 bridgehead atoms. The van der Waals surface area contributed by atoms with E-state index in [4.69, 9.17) is 23.2 Å². The summed E-state index contributed by atoms with van der Waals surface area (Å²) in [5.74, 6) is -0.00999. The third-order valence-electron chi connectivity index (χ3n) is 3.56. The van der Waals surface area contributed by atoms with Gasteiger partial charge in [-0.25, -0.2) is 5.43 Å². The fourth-order valence-corrected chi connectivity index (χ4v) is 2.55. The van der Waals surface area contributed by atoms with Crippen LogP contribution in [0.2, 0.25) is 10.2 Å². The predicted octanol–water partition coefficient (Wildman–Crippen LogP) is 6.21. The first-order valence-electron chi connectivity index (χ1n) is 8.52. The van der Waals surface area contributed by atoms with E-state index in [1.807, 2.05) is 0 Å². The van der Waals surface area contributed by atoms with E-state index in [1.54, 1.807) is 24.3 Å².